The normalized spacial score (nSPS) is 11.5. The third kappa shape index (κ3) is 1.90. The number of nitrogens with zero attached hydrogens (tertiary/aromatic N) is 1. The molecule has 0 saturated heterocycles. The lowest BCUT2D eigenvalue weighted by Crippen LogP contribution is -1.92. The zero-order valence-corrected chi connectivity index (χ0v) is 10.1. The topological polar surface area (TPSA) is 52.0 Å². The Labute approximate surface area is 95.7 Å². The van der Waals surface area contributed by atoms with Gasteiger partial charge in [-0.3, -0.25) is 0 Å². The first-order chi connectivity index (χ1) is 7.61. The minimum atomic E-state index is 0.457. The SMILES string of the molecule is CCCc1nc2cc(C(C)C)cc(N)c2o1. The lowest BCUT2D eigenvalue weighted by atomic mass is 10.0. The van der Waals surface area contributed by atoms with Crippen LogP contribution in [0.2, 0.25) is 0 Å². The molecule has 0 fully saturated rings. The summed E-state index contributed by atoms with van der Waals surface area (Å²) >= 11 is 0. The molecular formula is C13H18N2O. The Hall–Kier alpha value is -1.51. The van der Waals surface area contributed by atoms with E-state index in [0.29, 0.717) is 11.6 Å². The van der Waals surface area contributed by atoms with Crippen LogP contribution in [0.3, 0.4) is 0 Å². The lowest BCUT2D eigenvalue weighted by molar-refractivity contribution is 0.526. The fourth-order valence-electron chi connectivity index (χ4n) is 1.78. The molecule has 0 aliphatic rings. The number of hydrogen-bond donors (Lipinski definition) is 1. The first-order valence-corrected chi connectivity index (χ1v) is 5.80. The van der Waals surface area contributed by atoms with Crippen molar-refractivity contribution in [3.8, 4) is 0 Å². The van der Waals surface area contributed by atoms with Gasteiger partial charge in [0.15, 0.2) is 11.5 Å². The fraction of sp³-hybridized carbons (Fsp3) is 0.462. The molecule has 1 aromatic carbocycles. The van der Waals surface area contributed by atoms with Gasteiger partial charge in [-0.1, -0.05) is 20.8 Å². The van der Waals surface area contributed by atoms with Gasteiger partial charge in [0, 0.05) is 6.42 Å². The Morgan fingerprint density at radius 1 is 1.38 bits per heavy atom. The quantitative estimate of drug-likeness (QED) is 0.802. The average molecular weight is 218 g/mol. The van der Waals surface area contributed by atoms with Crippen molar-refractivity contribution in [2.24, 2.45) is 0 Å². The predicted octanol–water partition coefficient (Wildman–Crippen LogP) is 3.49. The summed E-state index contributed by atoms with van der Waals surface area (Å²) < 4.78 is 5.64. The highest BCUT2D eigenvalue weighted by atomic mass is 16.3. The molecule has 0 aliphatic heterocycles. The average Bonchev–Trinajstić information content (AvgIpc) is 2.61. The first kappa shape index (κ1) is 11.0. The molecule has 0 saturated carbocycles. The van der Waals surface area contributed by atoms with E-state index in [1.54, 1.807) is 0 Å². The Morgan fingerprint density at radius 3 is 2.75 bits per heavy atom. The highest BCUT2D eigenvalue weighted by Crippen LogP contribution is 2.27. The van der Waals surface area contributed by atoms with Gasteiger partial charge in [-0.15, -0.1) is 0 Å². The van der Waals surface area contributed by atoms with E-state index in [2.05, 4.69) is 31.8 Å². The molecule has 0 bridgehead atoms. The van der Waals surface area contributed by atoms with Crippen molar-refractivity contribution in [3.63, 3.8) is 0 Å². The summed E-state index contributed by atoms with van der Waals surface area (Å²) in [5, 5.41) is 0. The van der Waals surface area contributed by atoms with Crippen LogP contribution in [-0.2, 0) is 6.42 Å². The molecule has 16 heavy (non-hydrogen) atoms. The molecule has 1 heterocycles. The van der Waals surface area contributed by atoms with Crippen molar-refractivity contribution in [1.82, 2.24) is 4.98 Å². The number of rotatable bonds is 3. The second kappa shape index (κ2) is 4.16. The smallest absolute Gasteiger partial charge is 0.195 e. The van der Waals surface area contributed by atoms with Crippen molar-refractivity contribution in [2.75, 3.05) is 5.73 Å². The van der Waals surface area contributed by atoms with Crippen molar-refractivity contribution in [3.05, 3.63) is 23.6 Å². The van der Waals surface area contributed by atoms with Gasteiger partial charge >= 0.3 is 0 Å². The van der Waals surface area contributed by atoms with Crippen LogP contribution in [0, 0.1) is 0 Å². The van der Waals surface area contributed by atoms with Gasteiger partial charge in [-0.05, 0) is 30.0 Å². The summed E-state index contributed by atoms with van der Waals surface area (Å²) in [5.74, 6) is 1.24. The van der Waals surface area contributed by atoms with E-state index in [-0.39, 0.29) is 0 Å². The molecule has 3 heteroatoms. The minimum absolute atomic E-state index is 0.457. The number of fused-ring (bicyclic) bond motifs is 1. The number of benzene rings is 1. The van der Waals surface area contributed by atoms with E-state index < -0.39 is 0 Å². The third-order valence-electron chi connectivity index (χ3n) is 2.72. The number of nitrogens with two attached hydrogens (primary N) is 1. The molecule has 1 aromatic heterocycles. The molecule has 2 aromatic rings. The molecule has 0 radical (unpaired) electrons. The molecule has 0 amide bonds. The van der Waals surface area contributed by atoms with Crippen molar-refractivity contribution in [1.29, 1.82) is 0 Å². The van der Waals surface area contributed by atoms with Gasteiger partial charge in [0.1, 0.15) is 5.52 Å². The minimum Gasteiger partial charge on any atom is -0.439 e. The molecular weight excluding hydrogens is 200 g/mol. The monoisotopic (exact) mass is 218 g/mol. The van der Waals surface area contributed by atoms with Gasteiger partial charge in [-0.25, -0.2) is 4.98 Å². The second-order valence-corrected chi connectivity index (χ2v) is 4.47. The molecule has 0 aliphatic carbocycles. The number of nitrogen functional groups attached to an aromatic ring is 1. The predicted molar refractivity (Wildman–Crippen MR) is 66.5 cm³/mol. The molecule has 86 valence electrons. The van der Waals surface area contributed by atoms with Gasteiger partial charge in [-0.2, -0.15) is 0 Å². The Balaban J connectivity index is 2.54. The van der Waals surface area contributed by atoms with Crippen molar-refractivity contribution in [2.45, 2.75) is 39.5 Å². The van der Waals surface area contributed by atoms with Crippen molar-refractivity contribution < 1.29 is 4.42 Å². The lowest BCUT2D eigenvalue weighted by Gasteiger charge is -2.05. The number of aryl methyl sites for hydroxylation is 1. The van der Waals surface area contributed by atoms with Gasteiger partial charge in [0.2, 0.25) is 0 Å². The van der Waals surface area contributed by atoms with E-state index in [1.807, 2.05) is 6.07 Å². The Morgan fingerprint density at radius 2 is 2.12 bits per heavy atom. The number of hydrogen-bond acceptors (Lipinski definition) is 3. The Kier molecular flexibility index (Phi) is 2.86. The molecule has 0 unspecified atom stereocenters. The van der Waals surface area contributed by atoms with Crippen LogP contribution < -0.4 is 5.73 Å². The summed E-state index contributed by atoms with van der Waals surface area (Å²) in [6.45, 7) is 6.40. The number of oxazole rings is 1. The van der Waals surface area contributed by atoms with E-state index >= 15 is 0 Å². The van der Waals surface area contributed by atoms with Crippen LogP contribution in [0.25, 0.3) is 11.1 Å². The standard InChI is InChI=1S/C13H18N2O/c1-4-5-12-15-11-7-9(8(2)3)6-10(14)13(11)16-12/h6-8H,4-5,14H2,1-3H3. The first-order valence-electron chi connectivity index (χ1n) is 5.80. The van der Waals surface area contributed by atoms with Gasteiger partial charge in [0.05, 0.1) is 5.69 Å². The van der Waals surface area contributed by atoms with Crippen LogP contribution in [0.15, 0.2) is 16.5 Å². The highest BCUT2D eigenvalue weighted by Gasteiger charge is 2.11. The van der Waals surface area contributed by atoms with E-state index in [9.17, 15) is 0 Å². The van der Waals surface area contributed by atoms with Crippen molar-refractivity contribution >= 4 is 16.8 Å². The van der Waals surface area contributed by atoms with Crippen LogP contribution in [0.1, 0.15) is 44.6 Å². The maximum Gasteiger partial charge on any atom is 0.195 e. The zero-order chi connectivity index (χ0) is 11.7. The molecule has 0 spiro atoms. The largest absolute Gasteiger partial charge is 0.439 e. The summed E-state index contributed by atoms with van der Waals surface area (Å²) in [4.78, 5) is 4.46. The number of aromatic nitrogens is 1. The van der Waals surface area contributed by atoms with Crippen LogP contribution in [0.4, 0.5) is 5.69 Å². The zero-order valence-electron chi connectivity index (χ0n) is 10.1. The summed E-state index contributed by atoms with van der Waals surface area (Å²) in [6, 6.07) is 4.05. The fourth-order valence-corrected chi connectivity index (χ4v) is 1.78. The van der Waals surface area contributed by atoms with Crippen LogP contribution in [-0.4, -0.2) is 4.98 Å². The summed E-state index contributed by atoms with van der Waals surface area (Å²) in [7, 11) is 0. The third-order valence-corrected chi connectivity index (χ3v) is 2.72. The molecule has 0 atom stereocenters. The molecule has 3 nitrogen and oxygen atoms in total. The van der Waals surface area contributed by atoms with E-state index in [0.717, 1.165) is 29.8 Å². The maximum absolute atomic E-state index is 5.97. The van der Waals surface area contributed by atoms with E-state index in [1.165, 1.54) is 5.56 Å². The molecule has 2 N–H and O–H groups in total. The Bertz CT molecular complexity index is 500. The van der Waals surface area contributed by atoms with Crippen LogP contribution in [0.5, 0.6) is 0 Å². The molecule has 2 rings (SSSR count). The van der Waals surface area contributed by atoms with Gasteiger partial charge < -0.3 is 10.2 Å². The number of anilines is 1. The van der Waals surface area contributed by atoms with E-state index in [4.69, 9.17) is 10.2 Å². The van der Waals surface area contributed by atoms with Gasteiger partial charge in [0.25, 0.3) is 0 Å². The highest BCUT2D eigenvalue weighted by molar-refractivity contribution is 5.85. The van der Waals surface area contributed by atoms with Crippen LogP contribution >= 0.6 is 0 Å². The summed E-state index contributed by atoms with van der Waals surface area (Å²) in [6.07, 6.45) is 1.90. The summed E-state index contributed by atoms with van der Waals surface area (Å²) in [5.41, 5.74) is 9.48. The second-order valence-electron chi connectivity index (χ2n) is 4.47. The maximum atomic E-state index is 5.97.